The Morgan fingerprint density at radius 2 is 0.839 bits per heavy atom. The molecule has 2 unspecified atom stereocenters. The Labute approximate surface area is 346 Å². The highest BCUT2D eigenvalue weighted by Crippen LogP contribution is 2.77. The lowest BCUT2D eigenvalue weighted by Crippen LogP contribution is -2.40. The van der Waals surface area contributed by atoms with Gasteiger partial charge in [0.1, 0.15) is 44.0 Å². The van der Waals surface area contributed by atoms with Gasteiger partial charge in [-0.2, -0.15) is 0 Å². The summed E-state index contributed by atoms with van der Waals surface area (Å²) < 4.78 is 80.0. The van der Waals surface area contributed by atoms with E-state index in [1.807, 2.05) is 19.6 Å². The summed E-state index contributed by atoms with van der Waals surface area (Å²) in [5, 5.41) is 14.5. The SMILES string of the molecule is C.CP(=O)(O)C(O)(c1ccnc(Cl)c1)P(=O)(O)O.CP(C)(=O)C(O)(c1ccnc(Cl)c1)P(C)(C)=O.C[Si](C)(C)OC(c1ccnc(Cl)c1)(P(C)(C)=O)P(C)(C)=O. The lowest BCUT2D eigenvalue weighted by molar-refractivity contribution is 0.150. The van der Waals surface area contributed by atoms with Crippen LogP contribution in [0.15, 0.2) is 55.0 Å². The summed E-state index contributed by atoms with van der Waals surface area (Å²) in [6.45, 7) is 18.8. The maximum atomic E-state index is 13.1. The zero-order chi connectivity index (χ0) is 43.7. The second-order valence-corrected chi connectivity index (χ2v) is 39.2. The minimum Gasteiger partial charge on any atom is -0.396 e. The maximum Gasteiger partial charge on any atom is 0.371 e. The third-order valence-corrected chi connectivity index (χ3v) is 26.9. The number of pyridine rings is 3. The topological polar surface area (TPSA) is 251 Å². The second-order valence-electron chi connectivity index (χ2n) is 15.0. The number of hydrogen-bond donors (Lipinski definition) is 5. The smallest absolute Gasteiger partial charge is 0.371 e. The van der Waals surface area contributed by atoms with E-state index in [4.69, 9.17) is 49.0 Å². The molecule has 3 aromatic heterocycles. The molecule has 15 nitrogen and oxygen atoms in total. The molecule has 0 aliphatic carbocycles. The van der Waals surface area contributed by atoms with Gasteiger partial charge in [-0.25, -0.2) is 15.0 Å². The van der Waals surface area contributed by atoms with E-state index in [-0.39, 0.29) is 22.9 Å². The van der Waals surface area contributed by atoms with Crippen LogP contribution in [0.4, 0.5) is 0 Å². The standard InChI is InChI=1S/C13H24ClNO3P2Si.C10H16ClNO3P2.C7H10ClNO6P2.CH4/c1-19(2,16)13(20(3,4)17,18-21(5,6)7)11-8-9-15-12(14)10-11;1-16(2,14)10(13,17(3,4)15)8-5-6-12-9(11)7-8;1-16(11,12)7(10,17(13,14)15)5-2-3-9-6(8)4-5;/h8-10H,1-7H3;5-7,13H,1-4H3;2-4,10H,1H3,(H,11,12)(H2,13,14,15);1H4. The summed E-state index contributed by atoms with van der Waals surface area (Å²) >= 11 is 17.2. The lowest BCUT2D eigenvalue weighted by Gasteiger charge is -2.44. The quantitative estimate of drug-likeness (QED) is 0.0681. The Hall–Kier alpha value is -0.323. The van der Waals surface area contributed by atoms with Gasteiger partial charge < -0.3 is 47.6 Å². The number of halogens is 3. The number of aliphatic hydroxyl groups is 2. The monoisotopic (exact) mass is 979 g/mol. The summed E-state index contributed by atoms with van der Waals surface area (Å²) in [6.07, 6.45) is 3.99. The fraction of sp³-hybridized carbons (Fsp3) is 0.516. The molecule has 320 valence electrons. The van der Waals surface area contributed by atoms with Crippen molar-refractivity contribution in [1.29, 1.82) is 0 Å². The molecule has 0 radical (unpaired) electrons. The zero-order valence-corrected chi connectivity index (χ0v) is 41.1. The van der Waals surface area contributed by atoms with E-state index < -0.39 is 72.7 Å². The van der Waals surface area contributed by atoms with Crippen LogP contribution in [0.2, 0.25) is 35.1 Å². The minimum atomic E-state index is -5.29. The Kier molecular flexibility index (Phi) is 19.0. The molecule has 56 heavy (non-hydrogen) atoms. The van der Waals surface area contributed by atoms with Crippen LogP contribution in [0.1, 0.15) is 24.1 Å². The number of nitrogens with zero attached hydrogens (tertiary/aromatic N) is 3. The van der Waals surface area contributed by atoms with Crippen LogP contribution < -0.4 is 0 Å². The molecule has 0 saturated carbocycles. The van der Waals surface area contributed by atoms with Crippen molar-refractivity contribution in [2.24, 2.45) is 0 Å². The summed E-state index contributed by atoms with van der Waals surface area (Å²) in [7, 11) is -23.9. The van der Waals surface area contributed by atoms with Crippen molar-refractivity contribution in [2.75, 3.05) is 60.0 Å². The zero-order valence-electron chi connectivity index (χ0n) is 32.4. The molecule has 0 fully saturated rings. The largest absolute Gasteiger partial charge is 0.396 e. The maximum absolute atomic E-state index is 13.1. The first-order valence-electron chi connectivity index (χ1n) is 15.8. The second kappa shape index (κ2) is 19.2. The molecule has 0 aliphatic heterocycles. The summed E-state index contributed by atoms with van der Waals surface area (Å²) in [6, 6.07) is 8.14. The van der Waals surface area contributed by atoms with E-state index in [9.17, 15) is 42.5 Å². The molecule has 3 rings (SSSR count). The van der Waals surface area contributed by atoms with Gasteiger partial charge in [-0.3, -0.25) is 9.13 Å². The van der Waals surface area contributed by atoms with Crippen LogP contribution in [0.25, 0.3) is 0 Å². The first-order chi connectivity index (χ1) is 24.2. The molecule has 0 aromatic carbocycles. The van der Waals surface area contributed by atoms with Crippen molar-refractivity contribution in [1.82, 2.24) is 15.0 Å². The molecule has 0 saturated heterocycles. The molecule has 3 heterocycles. The Morgan fingerprint density at radius 3 is 1.07 bits per heavy atom. The first kappa shape index (κ1) is 55.7. The molecule has 0 amide bonds. The van der Waals surface area contributed by atoms with Crippen LogP contribution in [-0.4, -0.2) is 108 Å². The molecular weight excluding hydrogens is 927 g/mol. The van der Waals surface area contributed by atoms with Gasteiger partial charge in [0.25, 0.3) is 5.08 Å². The number of aromatic nitrogens is 3. The van der Waals surface area contributed by atoms with E-state index in [1.165, 1.54) is 51.2 Å². The molecule has 0 bridgehead atoms. The van der Waals surface area contributed by atoms with E-state index >= 15 is 0 Å². The molecule has 25 heteroatoms. The van der Waals surface area contributed by atoms with E-state index in [2.05, 4.69) is 15.0 Å². The highest BCUT2D eigenvalue weighted by molar-refractivity contribution is 7.81. The van der Waals surface area contributed by atoms with Gasteiger partial charge in [0.05, 0.1) is 0 Å². The Balaban J connectivity index is 0.000000809. The van der Waals surface area contributed by atoms with Gasteiger partial charge >= 0.3 is 7.60 Å². The summed E-state index contributed by atoms with van der Waals surface area (Å²) in [5.41, 5.74) is 0.421. The predicted octanol–water partition coefficient (Wildman–Crippen LogP) is 9.58. The molecule has 2 atom stereocenters. The molecule has 5 N–H and O–H groups in total. The van der Waals surface area contributed by atoms with E-state index in [1.54, 1.807) is 38.8 Å². The summed E-state index contributed by atoms with van der Waals surface area (Å²) in [5.74, 6) is 0. The average Bonchev–Trinajstić information content (AvgIpc) is 2.95. The fourth-order valence-corrected chi connectivity index (χ4v) is 25.8. The van der Waals surface area contributed by atoms with Crippen LogP contribution >= 0.6 is 78.3 Å². The predicted molar refractivity (Wildman–Crippen MR) is 234 cm³/mol. The first-order valence-corrected chi connectivity index (χ1v) is 34.4. The van der Waals surface area contributed by atoms with Crippen LogP contribution in [0.3, 0.4) is 0 Å². The van der Waals surface area contributed by atoms with Crippen LogP contribution in [-0.2, 0) is 47.1 Å². The van der Waals surface area contributed by atoms with Crippen molar-refractivity contribution in [3.8, 4) is 0 Å². The fourth-order valence-electron chi connectivity index (χ4n) is 5.59. The number of hydrogen-bond acceptors (Lipinski definition) is 12. The van der Waals surface area contributed by atoms with Gasteiger partial charge in [0.15, 0.2) is 18.5 Å². The Bertz CT molecular complexity index is 1980. The van der Waals surface area contributed by atoms with Crippen LogP contribution in [0, 0.1) is 0 Å². The van der Waals surface area contributed by atoms with Gasteiger partial charge in [-0.15, -0.1) is 0 Å². The molecular formula is C31H54Cl3N3O12P6Si. The highest BCUT2D eigenvalue weighted by atomic mass is 35.5. The molecule has 0 aliphatic rings. The third kappa shape index (κ3) is 12.8. The third-order valence-electron chi connectivity index (χ3n) is 7.73. The van der Waals surface area contributed by atoms with Crippen molar-refractivity contribution in [3.63, 3.8) is 0 Å². The van der Waals surface area contributed by atoms with Gasteiger partial charge in [-0.1, -0.05) is 42.2 Å². The van der Waals surface area contributed by atoms with Gasteiger partial charge in [-0.05, 0) is 109 Å². The van der Waals surface area contributed by atoms with Crippen molar-refractivity contribution in [2.45, 2.75) is 42.3 Å². The molecule has 3 aromatic rings. The summed E-state index contributed by atoms with van der Waals surface area (Å²) in [4.78, 5) is 38.8. The van der Waals surface area contributed by atoms with E-state index in [0.717, 1.165) is 18.3 Å². The van der Waals surface area contributed by atoms with Crippen molar-refractivity contribution < 1.29 is 56.7 Å². The van der Waals surface area contributed by atoms with Crippen molar-refractivity contribution >= 4 is 86.7 Å². The minimum absolute atomic E-state index is 0. The number of rotatable bonds is 11. The van der Waals surface area contributed by atoms with Crippen LogP contribution in [0.5, 0.6) is 0 Å². The molecule has 0 spiro atoms. The van der Waals surface area contributed by atoms with Crippen molar-refractivity contribution in [3.05, 3.63) is 87.1 Å². The normalized spacial score (nSPS) is 15.4. The van der Waals surface area contributed by atoms with Gasteiger partial charge in [0, 0.05) is 41.9 Å². The van der Waals surface area contributed by atoms with Gasteiger partial charge in [0.2, 0.25) is 7.37 Å². The Morgan fingerprint density at radius 1 is 0.554 bits per heavy atom. The lowest BCUT2D eigenvalue weighted by atomic mass is 10.3. The van der Waals surface area contributed by atoms with E-state index in [0.29, 0.717) is 17.8 Å². The highest BCUT2D eigenvalue weighted by Gasteiger charge is 2.59. The average molecular weight is 981 g/mol.